The molecule has 0 bridgehead atoms. The standard InChI is InChI=1S/C12H16BrF2NS/c1-3-16-10(6-7-17-2)11-9(14)5-4-8(13)12(11)15/h4-5,10,16H,3,6-7H2,1-2H3. The van der Waals surface area contributed by atoms with Crippen molar-refractivity contribution in [1.82, 2.24) is 5.32 Å². The Hall–Kier alpha value is -0.130. The van der Waals surface area contributed by atoms with Crippen molar-refractivity contribution < 1.29 is 8.78 Å². The van der Waals surface area contributed by atoms with Gasteiger partial charge in [0.1, 0.15) is 11.6 Å². The second-order valence-corrected chi connectivity index (χ2v) is 5.49. The monoisotopic (exact) mass is 323 g/mol. The Bertz CT molecular complexity index is 374. The fraction of sp³-hybridized carbons (Fsp3) is 0.500. The van der Waals surface area contributed by atoms with Crippen molar-refractivity contribution in [3.05, 3.63) is 33.8 Å². The lowest BCUT2D eigenvalue weighted by Gasteiger charge is -2.19. The number of rotatable bonds is 6. The van der Waals surface area contributed by atoms with Crippen LogP contribution in [0.5, 0.6) is 0 Å². The van der Waals surface area contributed by atoms with E-state index in [1.807, 2.05) is 13.2 Å². The molecule has 0 heterocycles. The Kier molecular flexibility index (Phi) is 6.44. The Morgan fingerprint density at radius 1 is 1.41 bits per heavy atom. The van der Waals surface area contributed by atoms with Gasteiger partial charge in [0, 0.05) is 11.6 Å². The largest absolute Gasteiger partial charge is 0.310 e. The summed E-state index contributed by atoms with van der Waals surface area (Å²) in [6, 6.07) is 2.42. The van der Waals surface area contributed by atoms with Crippen molar-refractivity contribution in [3.8, 4) is 0 Å². The predicted molar refractivity (Wildman–Crippen MR) is 73.5 cm³/mol. The molecule has 1 unspecified atom stereocenters. The molecule has 1 rings (SSSR count). The van der Waals surface area contributed by atoms with Crippen molar-refractivity contribution >= 4 is 27.7 Å². The van der Waals surface area contributed by atoms with Gasteiger partial charge in [-0.3, -0.25) is 0 Å². The van der Waals surface area contributed by atoms with E-state index in [1.165, 1.54) is 12.1 Å². The van der Waals surface area contributed by atoms with E-state index in [2.05, 4.69) is 21.2 Å². The number of halogens is 3. The third-order valence-corrected chi connectivity index (χ3v) is 3.75. The minimum atomic E-state index is -0.503. The zero-order chi connectivity index (χ0) is 12.8. The fourth-order valence-electron chi connectivity index (χ4n) is 1.69. The number of nitrogens with one attached hydrogen (secondary N) is 1. The highest BCUT2D eigenvalue weighted by Gasteiger charge is 2.20. The van der Waals surface area contributed by atoms with Crippen molar-refractivity contribution in [1.29, 1.82) is 0 Å². The summed E-state index contributed by atoms with van der Waals surface area (Å²) in [5.41, 5.74) is 0.135. The molecule has 0 amide bonds. The smallest absolute Gasteiger partial charge is 0.145 e. The Morgan fingerprint density at radius 2 is 2.12 bits per heavy atom. The van der Waals surface area contributed by atoms with Gasteiger partial charge in [0.25, 0.3) is 0 Å². The topological polar surface area (TPSA) is 12.0 Å². The molecule has 17 heavy (non-hydrogen) atoms. The quantitative estimate of drug-likeness (QED) is 0.790. The normalized spacial score (nSPS) is 12.8. The van der Waals surface area contributed by atoms with Crippen LogP contribution in [0.1, 0.15) is 24.9 Å². The molecule has 0 saturated heterocycles. The van der Waals surface area contributed by atoms with Crippen LogP contribution in [0.4, 0.5) is 8.78 Å². The van der Waals surface area contributed by atoms with Gasteiger partial charge < -0.3 is 5.32 Å². The number of thioether (sulfide) groups is 1. The average molecular weight is 324 g/mol. The van der Waals surface area contributed by atoms with Crippen LogP contribution in [-0.2, 0) is 0 Å². The maximum Gasteiger partial charge on any atom is 0.145 e. The molecule has 1 aromatic carbocycles. The van der Waals surface area contributed by atoms with Crippen LogP contribution in [0.15, 0.2) is 16.6 Å². The van der Waals surface area contributed by atoms with E-state index in [4.69, 9.17) is 0 Å². The van der Waals surface area contributed by atoms with Gasteiger partial charge in [-0.25, -0.2) is 8.78 Å². The average Bonchev–Trinajstić information content (AvgIpc) is 2.31. The summed E-state index contributed by atoms with van der Waals surface area (Å²) in [5, 5.41) is 3.13. The first kappa shape index (κ1) is 14.9. The van der Waals surface area contributed by atoms with Gasteiger partial charge in [-0.2, -0.15) is 11.8 Å². The summed E-state index contributed by atoms with van der Waals surface area (Å²) in [6.07, 6.45) is 2.69. The van der Waals surface area contributed by atoms with Gasteiger partial charge >= 0.3 is 0 Å². The van der Waals surface area contributed by atoms with Crippen LogP contribution in [0.25, 0.3) is 0 Å². The first-order valence-corrected chi connectivity index (χ1v) is 7.66. The molecule has 0 fully saturated rings. The molecule has 1 nitrogen and oxygen atoms in total. The van der Waals surface area contributed by atoms with Crippen molar-refractivity contribution in [2.24, 2.45) is 0 Å². The first-order chi connectivity index (χ1) is 8.11. The van der Waals surface area contributed by atoms with Crippen LogP contribution in [-0.4, -0.2) is 18.6 Å². The molecule has 0 aromatic heterocycles. The highest BCUT2D eigenvalue weighted by Crippen LogP contribution is 2.29. The van der Waals surface area contributed by atoms with Crippen LogP contribution >= 0.6 is 27.7 Å². The van der Waals surface area contributed by atoms with Gasteiger partial charge in [-0.15, -0.1) is 0 Å². The SMILES string of the molecule is CCNC(CCSC)c1c(F)ccc(Br)c1F. The fourth-order valence-corrected chi connectivity index (χ4v) is 2.51. The molecule has 96 valence electrons. The van der Waals surface area contributed by atoms with Gasteiger partial charge in [0.15, 0.2) is 0 Å². The molecule has 5 heteroatoms. The third kappa shape index (κ3) is 3.93. The van der Waals surface area contributed by atoms with Gasteiger partial charge in [-0.1, -0.05) is 6.92 Å². The highest BCUT2D eigenvalue weighted by molar-refractivity contribution is 9.10. The van der Waals surface area contributed by atoms with E-state index in [0.717, 1.165) is 5.75 Å². The maximum absolute atomic E-state index is 13.9. The number of hydrogen-bond acceptors (Lipinski definition) is 2. The van der Waals surface area contributed by atoms with E-state index in [1.54, 1.807) is 11.8 Å². The molecule has 0 aliphatic rings. The molecule has 0 aliphatic carbocycles. The highest BCUT2D eigenvalue weighted by atomic mass is 79.9. The van der Waals surface area contributed by atoms with E-state index in [9.17, 15) is 8.78 Å². The van der Waals surface area contributed by atoms with E-state index in [-0.39, 0.29) is 11.6 Å². The molecule has 1 aromatic rings. The molecular formula is C12H16BrF2NS. The van der Waals surface area contributed by atoms with E-state index in [0.29, 0.717) is 17.4 Å². The molecular weight excluding hydrogens is 308 g/mol. The summed E-state index contributed by atoms with van der Waals surface area (Å²) in [4.78, 5) is 0. The van der Waals surface area contributed by atoms with Crippen molar-refractivity contribution in [2.75, 3.05) is 18.6 Å². The number of benzene rings is 1. The molecule has 0 aliphatic heterocycles. The summed E-state index contributed by atoms with van der Waals surface area (Å²) < 4.78 is 28.0. The Labute approximate surface area is 113 Å². The van der Waals surface area contributed by atoms with Crippen LogP contribution in [0.3, 0.4) is 0 Å². The van der Waals surface area contributed by atoms with Gasteiger partial charge in [-0.05, 0) is 53.0 Å². The van der Waals surface area contributed by atoms with Gasteiger partial charge in [0.05, 0.1) is 4.47 Å². The Balaban J connectivity index is 3.03. The summed E-state index contributed by atoms with van der Waals surface area (Å²) >= 11 is 4.76. The third-order valence-electron chi connectivity index (χ3n) is 2.49. The van der Waals surface area contributed by atoms with Crippen LogP contribution in [0.2, 0.25) is 0 Å². The first-order valence-electron chi connectivity index (χ1n) is 5.47. The second kappa shape index (κ2) is 7.34. The minimum Gasteiger partial charge on any atom is -0.310 e. The van der Waals surface area contributed by atoms with Crippen molar-refractivity contribution in [2.45, 2.75) is 19.4 Å². The molecule has 0 spiro atoms. The van der Waals surface area contributed by atoms with Crippen molar-refractivity contribution in [3.63, 3.8) is 0 Å². The lowest BCUT2D eigenvalue weighted by atomic mass is 10.0. The van der Waals surface area contributed by atoms with Crippen LogP contribution < -0.4 is 5.32 Å². The molecule has 1 N–H and O–H groups in total. The maximum atomic E-state index is 13.9. The molecule has 1 atom stereocenters. The zero-order valence-electron chi connectivity index (χ0n) is 9.90. The lowest BCUT2D eigenvalue weighted by Crippen LogP contribution is -2.23. The van der Waals surface area contributed by atoms with Gasteiger partial charge in [0.2, 0.25) is 0 Å². The van der Waals surface area contributed by atoms with E-state index >= 15 is 0 Å². The van der Waals surface area contributed by atoms with E-state index < -0.39 is 11.6 Å². The Morgan fingerprint density at radius 3 is 2.71 bits per heavy atom. The lowest BCUT2D eigenvalue weighted by molar-refractivity contribution is 0.466. The number of hydrogen-bond donors (Lipinski definition) is 1. The summed E-state index contributed by atoms with van der Waals surface area (Å²) in [6.45, 7) is 2.62. The summed E-state index contributed by atoms with van der Waals surface area (Å²) in [5.74, 6) is -0.127. The van der Waals surface area contributed by atoms with Crippen LogP contribution in [0, 0.1) is 11.6 Å². The molecule has 0 saturated carbocycles. The second-order valence-electron chi connectivity index (χ2n) is 3.65. The zero-order valence-corrected chi connectivity index (χ0v) is 12.3. The summed E-state index contributed by atoms with van der Waals surface area (Å²) in [7, 11) is 0. The minimum absolute atomic E-state index is 0.135. The molecule has 0 radical (unpaired) electrons. The predicted octanol–water partition coefficient (Wildman–Crippen LogP) is 4.13.